The summed E-state index contributed by atoms with van der Waals surface area (Å²) in [5.74, 6) is -6.60. The molecular formula is C78H111ClN4O23. The van der Waals surface area contributed by atoms with Crippen LogP contribution in [0.1, 0.15) is 134 Å². The van der Waals surface area contributed by atoms with Crippen molar-refractivity contribution < 1.29 is 110 Å². The number of hydrogen-bond donors (Lipinski definition) is 4. The minimum atomic E-state index is -1.28. The smallest absolute Gasteiger partial charge is 0.347 e. The lowest BCUT2D eigenvalue weighted by Gasteiger charge is -2.29. The molecule has 3 aromatic carbocycles. The minimum absolute atomic E-state index is 0.000907. The van der Waals surface area contributed by atoms with E-state index in [9.17, 15) is 53.1 Å². The van der Waals surface area contributed by atoms with E-state index in [-0.39, 0.29) is 139 Å². The van der Waals surface area contributed by atoms with Gasteiger partial charge in [-0.3, -0.25) is 43.2 Å². The van der Waals surface area contributed by atoms with Gasteiger partial charge in [-0.2, -0.15) is 0 Å². The van der Waals surface area contributed by atoms with Crippen LogP contribution < -0.4 is 20.7 Å². The fourth-order valence-electron chi connectivity index (χ4n) is 11.2. The largest absolute Gasteiger partial charge is 0.495 e. The van der Waals surface area contributed by atoms with Crippen LogP contribution in [0.25, 0.3) is 0 Å². The quantitative estimate of drug-likeness (QED) is 0.0184. The summed E-state index contributed by atoms with van der Waals surface area (Å²) in [5.41, 5.74) is 2.47. The molecule has 4 N–H and O–H groups in total. The fourth-order valence-corrected chi connectivity index (χ4v) is 11.5. The summed E-state index contributed by atoms with van der Waals surface area (Å²) >= 11 is 6.40. The molecule has 2 aliphatic rings. The van der Waals surface area contributed by atoms with Crippen LogP contribution in [0, 0.1) is 29.1 Å². The lowest BCUT2D eigenvalue weighted by Crippen LogP contribution is -2.51. The molecule has 5 rings (SSSR count). The summed E-state index contributed by atoms with van der Waals surface area (Å²) in [6, 6.07) is 17.7. The van der Waals surface area contributed by atoms with Crippen LogP contribution in [0.15, 0.2) is 78.9 Å². The van der Waals surface area contributed by atoms with E-state index in [1.807, 2.05) is 45.0 Å². The number of Topliss-reactive ketones (excluding diaryl/α,β-unsaturated/α-hetero) is 2. The first kappa shape index (κ1) is 88.9. The average molecular weight is 1510 g/mol. The number of methoxy groups -OCH3 is 2. The second kappa shape index (κ2) is 47.8. The molecule has 0 radical (unpaired) electrons. The van der Waals surface area contributed by atoms with E-state index < -0.39 is 89.2 Å². The number of cyclic esters (lactones) is 2. The van der Waals surface area contributed by atoms with Gasteiger partial charge in [0.25, 0.3) is 0 Å². The molecule has 0 bridgehead atoms. The molecule has 0 aliphatic carbocycles. The highest BCUT2D eigenvalue weighted by atomic mass is 35.5. The maximum Gasteiger partial charge on any atom is 0.347 e. The molecule has 8 atom stereocenters. The Bertz CT molecular complexity index is 3290. The number of carbonyl (C=O) groups excluding carboxylic acids is 9. The molecule has 3 aromatic rings. The molecular weight excluding hydrogens is 1400 g/mol. The highest BCUT2D eigenvalue weighted by Gasteiger charge is 2.48. The van der Waals surface area contributed by atoms with Crippen molar-refractivity contribution in [2.75, 3.05) is 120 Å². The van der Waals surface area contributed by atoms with Gasteiger partial charge in [0.1, 0.15) is 36.4 Å². The molecule has 1 fully saturated rings. The molecule has 0 spiro atoms. The number of nitrogens with one attached hydrogen (secondary N) is 3. The number of amides is 4. The number of esters is 3. The van der Waals surface area contributed by atoms with Crippen LogP contribution in [-0.2, 0) is 126 Å². The normalized spacial score (nSPS) is 18.9. The summed E-state index contributed by atoms with van der Waals surface area (Å²) in [6.07, 6.45) is 0.224. The summed E-state index contributed by atoms with van der Waals surface area (Å²) in [6.45, 7) is 18.7. The zero-order chi connectivity index (χ0) is 77.6. The number of halogens is 1. The van der Waals surface area contributed by atoms with Gasteiger partial charge in [0, 0.05) is 77.1 Å². The number of carboxylic acid groups (broad SMARTS) is 1. The van der Waals surface area contributed by atoms with Crippen molar-refractivity contribution in [2.24, 2.45) is 29.1 Å². The first-order valence-corrected chi connectivity index (χ1v) is 36.8. The van der Waals surface area contributed by atoms with Crippen molar-refractivity contribution in [2.45, 2.75) is 163 Å². The van der Waals surface area contributed by atoms with Crippen LogP contribution in [0.5, 0.6) is 5.75 Å². The average Bonchev–Trinajstić information content (AvgIpc) is 1.62. The topological polar surface area (TPSA) is 344 Å². The first-order chi connectivity index (χ1) is 50.7. The fraction of sp³-hybridized carbons (Fsp3) is 0.615. The van der Waals surface area contributed by atoms with Crippen molar-refractivity contribution in [1.29, 1.82) is 0 Å². The predicted octanol–water partition coefficient (Wildman–Crippen LogP) is 7.48. The third-order valence-corrected chi connectivity index (χ3v) is 18.1. The van der Waals surface area contributed by atoms with E-state index in [4.69, 9.17) is 68.4 Å². The maximum absolute atomic E-state index is 14.0. The van der Waals surface area contributed by atoms with Gasteiger partial charge < -0.3 is 82.8 Å². The molecule has 588 valence electrons. The molecule has 0 aromatic heterocycles. The lowest BCUT2D eigenvalue weighted by molar-refractivity contribution is -0.179. The summed E-state index contributed by atoms with van der Waals surface area (Å²) < 4.78 is 66.8. The van der Waals surface area contributed by atoms with E-state index in [1.165, 1.54) is 18.1 Å². The molecule has 1 saturated heterocycles. The van der Waals surface area contributed by atoms with Gasteiger partial charge in [0.05, 0.1) is 128 Å². The number of ether oxygens (including phenoxy) is 12. The Labute approximate surface area is 627 Å². The zero-order valence-corrected chi connectivity index (χ0v) is 63.9. The SMILES string of the molecule is COCCOCCOCCOCCOCCOCCOCCC(=O)N(CCC(=O)O)CCC(=O)C[C@H](C(=O)N[C@@H](C)C(=O)Cc1ccc(COC(=O)CCc2ccc([C@H]3O[C@@H]3[C@@H](C)[C@@H]3C/C=C/C(=O)N[C@H](Cc4ccc(OC)c(Cl)c4)C(=O)NCC(C)(C)C(=O)O[C@@H](CC(C)C)C(=O)O3)cc2)cc1)C(C)C. The number of ketones is 2. The van der Waals surface area contributed by atoms with Gasteiger partial charge in [0.2, 0.25) is 23.6 Å². The van der Waals surface area contributed by atoms with Crippen LogP contribution in [0.4, 0.5) is 0 Å². The Morgan fingerprint density at radius 1 is 0.698 bits per heavy atom. The summed E-state index contributed by atoms with van der Waals surface area (Å²) in [7, 11) is 3.10. The van der Waals surface area contributed by atoms with E-state index in [1.54, 1.807) is 90.3 Å². The lowest BCUT2D eigenvalue weighted by atomic mass is 9.88. The van der Waals surface area contributed by atoms with Crippen molar-refractivity contribution >= 4 is 70.7 Å². The van der Waals surface area contributed by atoms with E-state index in [0.717, 1.165) is 11.1 Å². The molecule has 2 aliphatic heterocycles. The molecule has 0 unspecified atom stereocenters. The summed E-state index contributed by atoms with van der Waals surface area (Å²) in [4.78, 5) is 134. The highest BCUT2D eigenvalue weighted by Crippen LogP contribution is 2.45. The van der Waals surface area contributed by atoms with Crippen LogP contribution >= 0.6 is 11.6 Å². The van der Waals surface area contributed by atoms with Gasteiger partial charge in [-0.25, -0.2) is 4.79 Å². The van der Waals surface area contributed by atoms with Crippen molar-refractivity contribution in [3.8, 4) is 5.75 Å². The number of carboxylic acids is 1. The number of aliphatic carboxylic acids is 1. The molecule has 2 heterocycles. The van der Waals surface area contributed by atoms with Crippen LogP contribution in [0.3, 0.4) is 0 Å². The van der Waals surface area contributed by atoms with Gasteiger partial charge in [-0.15, -0.1) is 0 Å². The summed E-state index contributed by atoms with van der Waals surface area (Å²) in [5, 5.41) is 18.0. The molecule has 106 heavy (non-hydrogen) atoms. The third kappa shape index (κ3) is 33.6. The molecule has 27 nitrogen and oxygen atoms in total. The second-order valence-corrected chi connectivity index (χ2v) is 28.1. The van der Waals surface area contributed by atoms with Crippen molar-refractivity contribution in [1.82, 2.24) is 20.9 Å². The highest BCUT2D eigenvalue weighted by molar-refractivity contribution is 6.32. The standard InChI is InChI=1S/C78H111ClN4O23/c1-51(2)44-67-76(93)104-65(12-11-13-68(86)82-63(46-58-20-24-66(96-10)62(79)45-58)75(92)80-50-78(7,8)77(94)105-67)53(5)72-73(106-72)59-22-18-55(19-23-59)21-25-71(90)103-49-57-16-14-56(15-17-57)47-64(85)54(6)81-74(91)61(52(3)4)48-60(84)26-29-83(30-27-70(88)89)69(87)28-31-97-34-35-99-38-39-101-42-43-102-41-40-100-37-36-98-33-32-95-9/h11,13-20,22-24,45,51-54,61,63,65,67,72-73H,12,21,25-44,46-50H2,1-10H3,(H,80,92)(H,81,91)(H,82,86)(H,88,89)/b13-11+/t53-,54-,61-,63+,65-,67-,72+,73+/m0/s1. The Morgan fingerprint density at radius 2 is 1.27 bits per heavy atom. The molecule has 28 heteroatoms. The molecule has 4 amide bonds. The van der Waals surface area contributed by atoms with E-state index in [0.29, 0.717) is 100.0 Å². The van der Waals surface area contributed by atoms with Crippen LogP contribution in [-0.4, -0.2) is 219 Å². The monoisotopic (exact) mass is 1510 g/mol. The van der Waals surface area contributed by atoms with Gasteiger partial charge in [-0.05, 0) is 91.5 Å². The number of rotatable bonds is 48. The first-order valence-electron chi connectivity index (χ1n) is 36.4. The van der Waals surface area contributed by atoms with E-state index >= 15 is 0 Å². The van der Waals surface area contributed by atoms with Crippen molar-refractivity contribution in [3.05, 3.63) is 112 Å². The Morgan fingerprint density at radius 3 is 1.85 bits per heavy atom. The Balaban J connectivity index is 1.02. The Kier molecular flexibility index (Phi) is 40.1. The number of epoxide rings is 1. The third-order valence-electron chi connectivity index (χ3n) is 17.8. The number of carbonyl (C=O) groups is 10. The predicted molar refractivity (Wildman–Crippen MR) is 390 cm³/mol. The second-order valence-electron chi connectivity index (χ2n) is 27.7. The van der Waals surface area contributed by atoms with Gasteiger partial charge in [0.15, 0.2) is 11.9 Å². The number of aryl methyl sites for hydroxylation is 1. The maximum atomic E-state index is 14.0. The number of benzene rings is 3. The number of nitrogens with zero attached hydrogens (tertiary/aromatic N) is 1. The molecule has 0 saturated carbocycles. The number of hydrogen-bond acceptors (Lipinski definition) is 22. The van der Waals surface area contributed by atoms with Gasteiger partial charge in [-0.1, -0.05) is 107 Å². The van der Waals surface area contributed by atoms with Gasteiger partial charge >= 0.3 is 23.9 Å². The zero-order valence-electron chi connectivity index (χ0n) is 63.1. The minimum Gasteiger partial charge on any atom is -0.495 e. The van der Waals surface area contributed by atoms with Crippen LogP contribution in [0.2, 0.25) is 5.02 Å². The van der Waals surface area contributed by atoms with E-state index in [2.05, 4.69) is 16.0 Å². The Hall–Kier alpha value is -7.73. The van der Waals surface area contributed by atoms with Crippen molar-refractivity contribution in [3.63, 3.8) is 0 Å².